The number of anilines is 1. The monoisotopic (exact) mass is 279 g/mol. The first-order chi connectivity index (χ1) is 8.49. The lowest BCUT2D eigenvalue weighted by atomic mass is 10.1. The highest BCUT2D eigenvalue weighted by Gasteiger charge is 2.30. The number of nitrogens with zero attached hydrogens (tertiary/aromatic N) is 1. The molecule has 0 saturated carbocycles. The van der Waals surface area contributed by atoms with Gasteiger partial charge in [0.25, 0.3) is 0 Å². The van der Waals surface area contributed by atoms with Crippen molar-refractivity contribution in [3.63, 3.8) is 0 Å². The number of hydrogen-bond acceptors (Lipinski definition) is 1. The average Bonchev–Trinajstić information content (AvgIpc) is 2.33. The quantitative estimate of drug-likeness (QED) is 0.691. The van der Waals surface area contributed by atoms with Gasteiger partial charge in [-0.05, 0) is 24.6 Å². The van der Waals surface area contributed by atoms with E-state index in [1.165, 1.54) is 12.1 Å². The van der Waals surface area contributed by atoms with E-state index in [0.717, 1.165) is 25.5 Å². The van der Waals surface area contributed by atoms with Crippen LogP contribution in [0, 0.1) is 0 Å². The van der Waals surface area contributed by atoms with Gasteiger partial charge in [0.1, 0.15) is 0 Å². The van der Waals surface area contributed by atoms with Crippen molar-refractivity contribution < 1.29 is 13.2 Å². The molecule has 1 nitrogen and oxygen atoms in total. The molecular formula is C13H17ClF3N. The molecule has 0 fully saturated rings. The summed E-state index contributed by atoms with van der Waals surface area (Å²) in [5.41, 5.74) is -0.0324. The van der Waals surface area contributed by atoms with E-state index in [-0.39, 0.29) is 0 Å². The van der Waals surface area contributed by atoms with Crippen LogP contribution in [-0.4, -0.2) is 19.0 Å². The summed E-state index contributed by atoms with van der Waals surface area (Å²) in [7, 11) is 0. The van der Waals surface area contributed by atoms with Gasteiger partial charge in [-0.3, -0.25) is 0 Å². The fourth-order valence-electron chi connectivity index (χ4n) is 1.70. The van der Waals surface area contributed by atoms with E-state index in [0.29, 0.717) is 18.1 Å². The number of alkyl halides is 4. The van der Waals surface area contributed by atoms with Gasteiger partial charge >= 0.3 is 6.18 Å². The van der Waals surface area contributed by atoms with Crippen molar-refractivity contribution in [3.05, 3.63) is 29.8 Å². The summed E-state index contributed by atoms with van der Waals surface area (Å²) in [6.45, 7) is 3.33. The third-order valence-electron chi connectivity index (χ3n) is 2.67. The van der Waals surface area contributed by atoms with E-state index in [1.807, 2.05) is 11.8 Å². The van der Waals surface area contributed by atoms with Gasteiger partial charge in [0.15, 0.2) is 0 Å². The molecule has 0 radical (unpaired) electrons. The summed E-state index contributed by atoms with van der Waals surface area (Å²) in [4.78, 5) is 1.89. The van der Waals surface area contributed by atoms with E-state index < -0.39 is 11.7 Å². The van der Waals surface area contributed by atoms with Crippen LogP contribution in [0.5, 0.6) is 0 Å². The highest BCUT2D eigenvalue weighted by atomic mass is 35.5. The van der Waals surface area contributed by atoms with Crippen molar-refractivity contribution in [3.8, 4) is 0 Å². The Labute approximate surface area is 111 Å². The molecule has 0 amide bonds. The molecule has 0 N–H and O–H groups in total. The molecular weight excluding hydrogens is 263 g/mol. The lowest BCUT2D eigenvalue weighted by Crippen LogP contribution is -2.26. The van der Waals surface area contributed by atoms with Crippen LogP contribution in [-0.2, 0) is 6.18 Å². The van der Waals surface area contributed by atoms with Crippen LogP contribution in [0.3, 0.4) is 0 Å². The smallest absolute Gasteiger partial charge is 0.370 e. The summed E-state index contributed by atoms with van der Waals surface area (Å²) in [5.74, 6) is 0.403. The Bertz CT molecular complexity index is 365. The molecule has 0 saturated heterocycles. The van der Waals surface area contributed by atoms with Crippen LogP contribution in [0.1, 0.15) is 25.3 Å². The highest BCUT2D eigenvalue weighted by molar-refractivity contribution is 6.18. The Hall–Kier alpha value is -0.900. The summed E-state index contributed by atoms with van der Waals surface area (Å²) >= 11 is 5.69. The van der Waals surface area contributed by atoms with E-state index in [9.17, 15) is 13.2 Å². The zero-order chi connectivity index (χ0) is 13.6. The fourth-order valence-corrected chi connectivity index (χ4v) is 1.90. The maximum atomic E-state index is 12.6. The molecule has 1 rings (SSSR count). The Kier molecular flexibility index (Phi) is 5.79. The van der Waals surface area contributed by atoms with Crippen LogP contribution >= 0.6 is 11.6 Å². The summed E-state index contributed by atoms with van der Waals surface area (Å²) in [5, 5.41) is 0. The first-order valence-corrected chi connectivity index (χ1v) is 6.50. The minimum atomic E-state index is -4.30. The van der Waals surface area contributed by atoms with Crippen LogP contribution in [0.4, 0.5) is 18.9 Å². The van der Waals surface area contributed by atoms with Crippen molar-refractivity contribution in [2.45, 2.75) is 25.9 Å². The molecule has 0 aromatic heterocycles. The molecule has 1 aromatic carbocycles. The number of hydrogen-bond donors (Lipinski definition) is 0. The second-order valence-corrected chi connectivity index (χ2v) is 4.46. The van der Waals surface area contributed by atoms with E-state index >= 15 is 0 Å². The minimum absolute atomic E-state index is 0.403. The summed E-state index contributed by atoms with van der Waals surface area (Å²) < 4.78 is 37.9. The van der Waals surface area contributed by atoms with Crippen LogP contribution < -0.4 is 4.90 Å². The number of rotatable bonds is 6. The Balaban J connectivity index is 2.90. The normalized spacial score (nSPS) is 11.6. The number of benzene rings is 1. The first-order valence-electron chi connectivity index (χ1n) is 5.97. The molecule has 0 heterocycles. The minimum Gasteiger partial charge on any atom is -0.370 e. The van der Waals surface area contributed by atoms with Gasteiger partial charge < -0.3 is 4.90 Å². The highest BCUT2D eigenvalue weighted by Crippen LogP contribution is 2.31. The van der Waals surface area contributed by atoms with Gasteiger partial charge in [-0.15, -0.1) is 11.6 Å². The predicted molar refractivity (Wildman–Crippen MR) is 69.3 cm³/mol. The lowest BCUT2D eigenvalue weighted by molar-refractivity contribution is -0.137. The molecule has 0 unspecified atom stereocenters. The van der Waals surface area contributed by atoms with Gasteiger partial charge in [0, 0.05) is 24.7 Å². The van der Waals surface area contributed by atoms with Crippen molar-refractivity contribution in [2.75, 3.05) is 23.9 Å². The summed E-state index contributed by atoms with van der Waals surface area (Å²) in [6.07, 6.45) is -2.36. The molecule has 0 aliphatic heterocycles. The number of halogens is 4. The van der Waals surface area contributed by atoms with E-state index in [2.05, 4.69) is 0 Å². The summed E-state index contributed by atoms with van der Waals surface area (Å²) in [6, 6.07) is 5.40. The molecule has 5 heteroatoms. The second-order valence-electron chi connectivity index (χ2n) is 4.08. The maximum Gasteiger partial charge on any atom is 0.416 e. The third-order valence-corrected chi connectivity index (χ3v) is 2.84. The standard InChI is InChI=1S/C13H17ClF3N/c1-2-3-8-18(9-7-14)12-6-4-5-11(10-12)13(15,16)17/h4-6,10H,2-3,7-9H2,1H3. The zero-order valence-electron chi connectivity index (χ0n) is 10.3. The molecule has 0 aliphatic rings. The third kappa shape index (κ3) is 4.41. The molecule has 1 aromatic rings. The van der Waals surface area contributed by atoms with Crippen molar-refractivity contribution >= 4 is 17.3 Å². The fraction of sp³-hybridized carbons (Fsp3) is 0.538. The molecule has 0 atom stereocenters. The number of unbranched alkanes of at least 4 members (excludes halogenated alkanes) is 1. The molecule has 0 aliphatic carbocycles. The van der Waals surface area contributed by atoms with Gasteiger partial charge in [-0.2, -0.15) is 13.2 Å². The Morgan fingerprint density at radius 3 is 2.50 bits per heavy atom. The topological polar surface area (TPSA) is 3.24 Å². The Morgan fingerprint density at radius 1 is 1.22 bits per heavy atom. The van der Waals surface area contributed by atoms with Gasteiger partial charge in [0.05, 0.1) is 5.56 Å². The van der Waals surface area contributed by atoms with E-state index in [4.69, 9.17) is 11.6 Å². The molecule has 0 spiro atoms. The largest absolute Gasteiger partial charge is 0.416 e. The Morgan fingerprint density at radius 2 is 1.94 bits per heavy atom. The predicted octanol–water partition coefficient (Wildman–Crippen LogP) is 4.55. The average molecular weight is 280 g/mol. The second kappa shape index (κ2) is 6.88. The first kappa shape index (κ1) is 15.2. The van der Waals surface area contributed by atoms with E-state index in [1.54, 1.807) is 6.07 Å². The van der Waals surface area contributed by atoms with Crippen molar-refractivity contribution in [1.82, 2.24) is 0 Å². The lowest BCUT2D eigenvalue weighted by Gasteiger charge is -2.24. The van der Waals surface area contributed by atoms with Crippen LogP contribution in [0.25, 0.3) is 0 Å². The molecule has 102 valence electrons. The zero-order valence-corrected chi connectivity index (χ0v) is 11.1. The molecule has 18 heavy (non-hydrogen) atoms. The SMILES string of the molecule is CCCCN(CCCl)c1cccc(C(F)(F)F)c1. The maximum absolute atomic E-state index is 12.6. The van der Waals surface area contributed by atoms with Crippen molar-refractivity contribution in [1.29, 1.82) is 0 Å². The van der Waals surface area contributed by atoms with Gasteiger partial charge in [-0.25, -0.2) is 0 Å². The van der Waals surface area contributed by atoms with Crippen LogP contribution in [0.2, 0.25) is 0 Å². The van der Waals surface area contributed by atoms with Gasteiger partial charge in [0.2, 0.25) is 0 Å². The molecule has 0 bridgehead atoms. The van der Waals surface area contributed by atoms with Crippen molar-refractivity contribution in [2.24, 2.45) is 0 Å². The van der Waals surface area contributed by atoms with Gasteiger partial charge in [-0.1, -0.05) is 19.4 Å². The van der Waals surface area contributed by atoms with Crippen LogP contribution in [0.15, 0.2) is 24.3 Å².